The summed E-state index contributed by atoms with van der Waals surface area (Å²) < 4.78 is 5.45. The highest BCUT2D eigenvalue weighted by atomic mass is 16.5. The molecule has 1 N–H and O–H groups in total. The van der Waals surface area contributed by atoms with Crippen molar-refractivity contribution in [3.8, 4) is 0 Å². The molecule has 2 saturated carbocycles. The average molecular weight is 252 g/mol. The second kappa shape index (κ2) is 3.96. The molecule has 18 heavy (non-hydrogen) atoms. The van der Waals surface area contributed by atoms with Crippen molar-refractivity contribution >= 4 is 0 Å². The van der Waals surface area contributed by atoms with Crippen LogP contribution in [-0.4, -0.2) is 23.9 Å². The van der Waals surface area contributed by atoms with Crippen molar-refractivity contribution in [2.45, 2.75) is 64.9 Å². The van der Waals surface area contributed by atoms with E-state index in [1.54, 1.807) is 0 Å². The molecule has 3 fully saturated rings. The molecule has 2 heteroatoms. The first kappa shape index (κ1) is 12.9. The highest BCUT2D eigenvalue weighted by Gasteiger charge is 2.68. The molecular weight excluding hydrogens is 224 g/mol. The lowest BCUT2D eigenvalue weighted by Crippen LogP contribution is -2.55. The predicted octanol–water partition coefficient (Wildman–Crippen LogP) is 3.38. The fraction of sp³-hybridized carbons (Fsp3) is 1.00. The number of fused-ring (bicyclic) bond motifs is 2. The SMILES string of the molecule is CC12CCC(C1)C(C)(C)C2(O)CC1CCOCC1. The van der Waals surface area contributed by atoms with Gasteiger partial charge in [0.05, 0.1) is 5.60 Å². The molecular formula is C16H28O2. The maximum Gasteiger partial charge on any atom is 0.0757 e. The van der Waals surface area contributed by atoms with E-state index in [1.807, 2.05) is 0 Å². The molecule has 1 aliphatic heterocycles. The summed E-state index contributed by atoms with van der Waals surface area (Å²) >= 11 is 0. The summed E-state index contributed by atoms with van der Waals surface area (Å²) in [7, 11) is 0. The van der Waals surface area contributed by atoms with Gasteiger partial charge in [0.2, 0.25) is 0 Å². The summed E-state index contributed by atoms with van der Waals surface area (Å²) in [6, 6.07) is 0. The van der Waals surface area contributed by atoms with Crippen molar-refractivity contribution in [3.63, 3.8) is 0 Å². The number of hydrogen-bond acceptors (Lipinski definition) is 2. The van der Waals surface area contributed by atoms with Gasteiger partial charge in [-0.05, 0) is 61.2 Å². The van der Waals surface area contributed by atoms with E-state index < -0.39 is 5.60 Å². The Kier molecular flexibility index (Phi) is 2.84. The minimum Gasteiger partial charge on any atom is -0.389 e. The van der Waals surface area contributed by atoms with Gasteiger partial charge < -0.3 is 9.84 Å². The molecule has 2 aliphatic carbocycles. The topological polar surface area (TPSA) is 29.5 Å². The summed E-state index contributed by atoms with van der Waals surface area (Å²) in [6.07, 6.45) is 7.05. The van der Waals surface area contributed by atoms with Crippen molar-refractivity contribution in [2.24, 2.45) is 22.7 Å². The Morgan fingerprint density at radius 2 is 1.78 bits per heavy atom. The van der Waals surface area contributed by atoms with Gasteiger partial charge in [0.1, 0.15) is 0 Å². The lowest BCUT2D eigenvalue weighted by atomic mass is 9.57. The zero-order chi connectivity index (χ0) is 13.0. The first-order valence-electron chi connectivity index (χ1n) is 7.69. The smallest absolute Gasteiger partial charge is 0.0757 e. The maximum absolute atomic E-state index is 11.5. The van der Waals surface area contributed by atoms with Crippen molar-refractivity contribution in [2.75, 3.05) is 13.2 Å². The van der Waals surface area contributed by atoms with Crippen molar-refractivity contribution in [1.82, 2.24) is 0 Å². The van der Waals surface area contributed by atoms with Gasteiger partial charge in [0, 0.05) is 13.2 Å². The van der Waals surface area contributed by atoms with Crippen molar-refractivity contribution in [3.05, 3.63) is 0 Å². The van der Waals surface area contributed by atoms with Gasteiger partial charge in [-0.2, -0.15) is 0 Å². The first-order valence-corrected chi connectivity index (χ1v) is 7.69. The van der Waals surface area contributed by atoms with Crippen LogP contribution >= 0.6 is 0 Å². The molecule has 0 aromatic heterocycles. The Bertz CT molecular complexity index is 325. The predicted molar refractivity (Wildman–Crippen MR) is 72.3 cm³/mol. The van der Waals surface area contributed by atoms with Crippen LogP contribution in [0.25, 0.3) is 0 Å². The average Bonchev–Trinajstić information content (AvgIpc) is 2.79. The summed E-state index contributed by atoms with van der Waals surface area (Å²) in [4.78, 5) is 0. The van der Waals surface area contributed by atoms with Gasteiger partial charge >= 0.3 is 0 Å². The van der Waals surface area contributed by atoms with E-state index in [0.29, 0.717) is 5.92 Å². The molecule has 3 rings (SSSR count). The minimum absolute atomic E-state index is 0.0955. The molecule has 0 aromatic rings. The molecule has 1 saturated heterocycles. The standard InChI is InChI=1S/C16H28O2/c1-14(2)13-4-7-15(3,11-13)16(14,17)10-12-5-8-18-9-6-12/h12-13,17H,4-11H2,1-3H3. The molecule has 0 amide bonds. The number of aliphatic hydroxyl groups is 1. The van der Waals surface area contributed by atoms with Gasteiger partial charge in [-0.25, -0.2) is 0 Å². The maximum atomic E-state index is 11.5. The van der Waals surface area contributed by atoms with E-state index in [0.717, 1.165) is 38.4 Å². The Hall–Kier alpha value is -0.0800. The van der Waals surface area contributed by atoms with E-state index >= 15 is 0 Å². The summed E-state index contributed by atoms with van der Waals surface area (Å²) in [5.74, 6) is 1.39. The highest BCUT2D eigenvalue weighted by Crippen LogP contribution is 2.69. The van der Waals surface area contributed by atoms with Crippen LogP contribution in [0.1, 0.15) is 59.3 Å². The Labute approximate surface area is 111 Å². The van der Waals surface area contributed by atoms with Crippen LogP contribution in [0.15, 0.2) is 0 Å². The van der Waals surface area contributed by atoms with Gasteiger partial charge in [0.25, 0.3) is 0 Å². The number of ether oxygens (including phenoxy) is 1. The Morgan fingerprint density at radius 1 is 1.11 bits per heavy atom. The third-order valence-electron chi connectivity index (χ3n) is 6.75. The molecule has 1 heterocycles. The van der Waals surface area contributed by atoms with Gasteiger partial charge in [0.15, 0.2) is 0 Å². The lowest BCUT2D eigenvalue weighted by molar-refractivity contribution is -0.160. The minimum atomic E-state index is -0.453. The van der Waals surface area contributed by atoms with Crippen LogP contribution in [0.2, 0.25) is 0 Å². The van der Waals surface area contributed by atoms with E-state index in [9.17, 15) is 5.11 Å². The fourth-order valence-electron chi connectivity index (χ4n) is 5.23. The zero-order valence-electron chi connectivity index (χ0n) is 12.2. The summed E-state index contributed by atoms with van der Waals surface area (Å²) in [6.45, 7) is 8.73. The van der Waals surface area contributed by atoms with E-state index in [-0.39, 0.29) is 10.8 Å². The van der Waals surface area contributed by atoms with Gasteiger partial charge in [-0.3, -0.25) is 0 Å². The van der Waals surface area contributed by atoms with E-state index in [2.05, 4.69) is 20.8 Å². The number of hydrogen-bond donors (Lipinski definition) is 1. The molecule has 2 bridgehead atoms. The largest absolute Gasteiger partial charge is 0.389 e. The summed E-state index contributed by atoms with van der Waals surface area (Å²) in [5.41, 5.74) is -0.192. The normalized spacial score (nSPS) is 47.7. The molecule has 2 nitrogen and oxygen atoms in total. The molecule has 0 aromatic carbocycles. The van der Waals surface area contributed by atoms with Crippen LogP contribution in [0.4, 0.5) is 0 Å². The number of rotatable bonds is 2. The molecule has 0 radical (unpaired) electrons. The third-order valence-corrected chi connectivity index (χ3v) is 6.75. The Balaban J connectivity index is 1.83. The fourth-order valence-corrected chi connectivity index (χ4v) is 5.23. The van der Waals surface area contributed by atoms with Gasteiger partial charge in [-0.15, -0.1) is 0 Å². The molecule has 3 aliphatic rings. The second-order valence-electron chi connectivity index (χ2n) is 7.84. The molecule has 104 valence electrons. The summed E-state index contributed by atoms with van der Waals surface area (Å²) in [5, 5.41) is 11.5. The highest BCUT2D eigenvalue weighted by molar-refractivity contribution is 5.18. The van der Waals surface area contributed by atoms with Gasteiger partial charge in [-0.1, -0.05) is 20.8 Å². The molecule has 3 unspecified atom stereocenters. The third kappa shape index (κ3) is 1.54. The van der Waals surface area contributed by atoms with Crippen LogP contribution in [0, 0.1) is 22.7 Å². The van der Waals surface area contributed by atoms with E-state index in [1.165, 1.54) is 19.3 Å². The van der Waals surface area contributed by atoms with Crippen LogP contribution in [0.5, 0.6) is 0 Å². The first-order chi connectivity index (χ1) is 8.39. The quantitative estimate of drug-likeness (QED) is 0.816. The lowest BCUT2D eigenvalue weighted by Gasteiger charge is -2.52. The van der Waals surface area contributed by atoms with Crippen molar-refractivity contribution < 1.29 is 9.84 Å². The molecule has 3 atom stereocenters. The van der Waals surface area contributed by atoms with Crippen LogP contribution < -0.4 is 0 Å². The monoisotopic (exact) mass is 252 g/mol. The second-order valence-corrected chi connectivity index (χ2v) is 7.84. The Morgan fingerprint density at radius 3 is 2.33 bits per heavy atom. The van der Waals surface area contributed by atoms with Crippen LogP contribution in [0.3, 0.4) is 0 Å². The molecule has 0 spiro atoms. The van der Waals surface area contributed by atoms with Crippen LogP contribution in [-0.2, 0) is 4.74 Å². The van der Waals surface area contributed by atoms with Crippen molar-refractivity contribution in [1.29, 1.82) is 0 Å². The zero-order valence-corrected chi connectivity index (χ0v) is 12.2. The van der Waals surface area contributed by atoms with E-state index in [4.69, 9.17) is 4.74 Å².